The first kappa shape index (κ1) is 18.2. The van der Waals surface area contributed by atoms with Gasteiger partial charge < -0.3 is 19.4 Å². The van der Waals surface area contributed by atoms with Crippen molar-refractivity contribution in [3.05, 3.63) is 30.1 Å². The molecule has 3 aromatic rings. The van der Waals surface area contributed by atoms with Crippen molar-refractivity contribution < 1.29 is 18.7 Å². The number of methoxy groups -OCH3 is 2. The fourth-order valence-electron chi connectivity index (χ4n) is 3.36. The molecule has 1 aliphatic carbocycles. The van der Waals surface area contributed by atoms with Crippen LogP contribution in [0.15, 0.2) is 24.4 Å². The third-order valence-corrected chi connectivity index (χ3v) is 4.98. The number of nitrogens with one attached hydrogen (secondary N) is 1. The highest BCUT2D eigenvalue weighted by Crippen LogP contribution is 2.40. The van der Waals surface area contributed by atoms with E-state index in [-0.39, 0.29) is 12.3 Å². The van der Waals surface area contributed by atoms with Gasteiger partial charge in [-0.2, -0.15) is 0 Å². The Hall–Kier alpha value is -3.16. The molecule has 3 aromatic heterocycles. The Labute approximate surface area is 161 Å². The Morgan fingerprint density at radius 1 is 1.29 bits per heavy atom. The van der Waals surface area contributed by atoms with Gasteiger partial charge in [-0.05, 0) is 25.5 Å². The quantitative estimate of drug-likeness (QED) is 0.731. The number of alkyl halides is 1. The van der Waals surface area contributed by atoms with E-state index >= 15 is 0 Å². The van der Waals surface area contributed by atoms with Gasteiger partial charge in [-0.25, -0.2) is 14.4 Å². The molecule has 1 aliphatic rings. The van der Waals surface area contributed by atoms with Crippen LogP contribution in [0.1, 0.15) is 12.1 Å². The molecule has 0 saturated heterocycles. The summed E-state index contributed by atoms with van der Waals surface area (Å²) in [6, 6.07) is 5.58. The van der Waals surface area contributed by atoms with Crippen LogP contribution in [0, 0.1) is 12.8 Å². The van der Waals surface area contributed by atoms with Crippen LogP contribution in [0.5, 0.6) is 11.6 Å². The van der Waals surface area contributed by atoms with Crippen LogP contribution < -0.4 is 14.8 Å². The van der Waals surface area contributed by atoms with Crippen LogP contribution in [-0.2, 0) is 11.8 Å². The lowest BCUT2D eigenvalue weighted by molar-refractivity contribution is -0.117. The third kappa shape index (κ3) is 3.04. The summed E-state index contributed by atoms with van der Waals surface area (Å²) in [6.45, 7) is 1.87. The number of carbonyl (C=O) groups excluding carboxylic acids is 1. The fraction of sp³-hybridized carbons (Fsp3) is 0.350. The van der Waals surface area contributed by atoms with Gasteiger partial charge in [-0.3, -0.25) is 4.79 Å². The average Bonchev–Trinajstić information content (AvgIpc) is 3.33. The minimum absolute atomic E-state index is 0.281. The highest BCUT2D eigenvalue weighted by molar-refractivity contribution is 5.96. The first-order valence-electron chi connectivity index (χ1n) is 8.93. The van der Waals surface area contributed by atoms with E-state index in [0.29, 0.717) is 17.4 Å². The highest BCUT2D eigenvalue weighted by Gasteiger charge is 2.43. The molecule has 3 heterocycles. The van der Waals surface area contributed by atoms with Crippen molar-refractivity contribution in [2.24, 2.45) is 13.0 Å². The van der Waals surface area contributed by atoms with E-state index in [1.54, 1.807) is 26.5 Å². The number of aromatic nitrogens is 3. The Bertz CT molecular complexity index is 1050. The van der Waals surface area contributed by atoms with E-state index in [1.807, 2.05) is 30.7 Å². The second-order valence-corrected chi connectivity index (χ2v) is 6.91. The molecule has 8 heteroatoms. The Morgan fingerprint density at radius 3 is 2.68 bits per heavy atom. The Kier molecular flexibility index (Phi) is 4.41. The van der Waals surface area contributed by atoms with Crippen molar-refractivity contribution in [2.75, 3.05) is 19.5 Å². The highest BCUT2D eigenvalue weighted by atomic mass is 19.1. The van der Waals surface area contributed by atoms with Crippen molar-refractivity contribution in [1.82, 2.24) is 14.5 Å². The zero-order valence-electron chi connectivity index (χ0n) is 16.1. The fourth-order valence-corrected chi connectivity index (χ4v) is 3.36. The van der Waals surface area contributed by atoms with Crippen molar-refractivity contribution in [2.45, 2.75) is 19.5 Å². The van der Waals surface area contributed by atoms with Crippen LogP contribution in [0.3, 0.4) is 0 Å². The van der Waals surface area contributed by atoms with Crippen LogP contribution in [-0.4, -0.2) is 40.8 Å². The van der Waals surface area contributed by atoms with Crippen LogP contribution >= 0.6 is 0 Å². The second-order valence-electron chi connectivity index (χ2n) is 6.91. The van der Waals surface area contributed by atoms with E-state index in [4.69, 9.17) is 9.47 Å². The molecule has 28 heavy (non-hydrogen) atoms. The third-order valence-electron chi connectivity index (χ3n) is 4.98. The summed E-state index contributed by atoms with van der Waals surface area (Å²) in [7, 11) is 5.08. The van der Waals surface area contributed by atoms with Crippen molar-refractivity contribution >= 4 is 22.6 Å². The molecule has 2 atom stereocenters. The second kappa shape index (κ2) is 6.78. The molecule has 1 saturated carbocycles. The number of ether oxygens (including phenoxy) is 2. The number of aryl methyl sites for hydroxylation is 2. The molecule has 0 aliphatic heterocycles. The molecular weight excluding hydrogens is 363 g/mol. The van der Waals surface area contributed by atoms with E-state index in [2.05, 4.69) is 15.3 Å². The minimum Gasteiger partial charge on any atom is -0.496 e. The zero-order valence-corrected chi connectivity index (χ0v) is 16.1. The average molecular weight is 384 g/mol. The molecule has 0 bridgehead atoms. The predicted octanol–water partition coefficient (Wildman–Crippen LogP) is 3.26. The largest absolute Gasteiger partial charge is 0.496 e. The molecule has 0 spiro atoms. The molecule has 1 amide bonds. The number of halogens is 1. The molecular formula is C20H21FN4O3. The number of nitrogens with zero attached hydrogens (tertiary/aromatic N) is 3. The number of rotatable bonds is 5. The smallest absolute Gasteiger partial charge is 0.231 e. The number of hydrogen-bond donors (Lipinski definition) is 1. The first-order chi connectivity index (χ1) is 13.4. The van der Waals surface area contributed by atoms with E-state index in [0.717, 1.165) is 27.9 Å². The summed E-state index contributed by atoms with van der Waals surface area (Å²) in [5, 5.41) is 3.56. The monoisotopic (exact) mass is 384 g/mol. The van der Waals surface area contributed by atoms with Gasteiger partial charge in [-0.1, -0.05) is 0 Å². The molecule has 1 fully saturated rings. The molecule has 1 N–H and O–H groups in total. The van der Waals surface area contributed by atoms with Crippen LogP contribution in [0.2, 0.25) is 0 Å². The lowest BCUT2D eigenvalue weighted by Crippen LogP contribution is -2.15. The van der Waals surface area contributed by atoms with Crippen molar-refractivity contribution in [1.29, 1.82) is 0 Å². The minimum atomic E-state index is -1.04. The maximum Gasteiger partial charge on any atom is 0.231 e. The normalized spacial score (nSPS) is 18.2. The van der Waals surface area contributed by atoms with Crippen LogP contribution in [0.25, 0.3) is 22.2 Å². The van der Waals surface area contributed by atoms with Gasteiger partial charge >= 0.3 is 0 Å². The van der Waals surface area contributed by atoms with E-state index in [9.17, 15) is 9.18 Å². The number of carbonyl (C=O) groups is 1. The first-order valence-corrected chi connectivity index (χ1v) is 8.93. The topological polar surface area (TPSA) is 78.3 Å². The number of amides is 1. The Morgan fingerprint density at radius 2 is 2.04 bits per heavy atom. The molecule has 0 aromatic carbocycles. The van der Waals surface area contributed by atoms with Gasteiger partial charge in [0.25, 0.3) is 0 Å². The number of pyridine rings is 2. The maximum absolute atomic E-state index is 13.1. The molecule has 7 nitrogen and oxygen atoms in total. The summed E-state index contributed by atoms with van der Waals surface area (Å²) in [5.74, 6) is 0.624. The summed E-state index contributed by atoms with van der Waals surface area (Å²) in [5.41, 5.74) is 3.23. The molecule has 0 radical (unpaired) electrons. The lowest BCUT2D eigenvalue weighted by atomic mass is 10.1. The molecule has 146 valence electrons. The summed E-state index contributed by atoms with van der Waals surface area (Å²) in [6.07, 6.45) is 0.916. The summed E-state index contributed by atoms with van der Waals surface area (Å²) >= 11 is 0. The summed E-state index contributed by atoms with van der Waals surface area (Å²) < 4.78 is 26.1. The van der Waals surface area contributed by atoms with Gasteiger partial charge in [0.05, 0.1) is 37.5 Å². The number of fused-ring (bicyclic) bond motifs is 1. The number of anilines is 1. The summed E-state index contributed by atoms with van der Waals surface area (Å²) in [4.78, 5) is 20.7. The van der Waals surface area contributed by atoms with Gasteiger partial charge in [0, 0.05) is 24.2 Å². The van der Waals surface area contributed by atoms with E-state index in [1.165, 1.54) is 0 Å². The molecule has 2 unspecified atom stereocenters. The predicted molar refractivity (Wildman–Crippen MR) is 103 cm³/mol. The zero-order chi connectivity index (χ0) is 20.0. The standard InChI is InChI=1S/C20H21FN4O3/c1-10-5-16(27-3)18(20(23-10)28-4)14-6-11-7-17(22-9-15(11)25(14)2)24-19(26)12-8-13(12)21/h5-7,9,12-13H,8H2,1-4H3,(H,22,24,26). The SMILES string of the molecule is COc1cc(C)nc(OC)c1-c1cc2cc(NC(=O)C3CC3F)ncc2n1C. The van der Waals surface area contributed by atoms with E-state index < -0.39 is 12.1 Å². The van der Waals surface area contributed by atoms with Gasteiger partial charge in [0.1, 0.15) is 23.3 Å². The number of hydrogen-bond acceptors (Lipinski definition) is 5. The Balaban J connectivity index is 1.77. The van der Waals surface area contributed by atoms with Gasteiger partial charge in [-0.15, -0.1) is 0 Å². The maximum atomic E-state index is 13.1. The van der Waals surface area contributed by atoms with Crippen LogP contribution in [0.4, 0.5) is 10.2 Å². The van der Waals surface area contributed by atoms with Crippen molar-refractivity contribution in [3.63, 3.8) is 0 Å². The van der Waals surface area contributed by atoms with Crippen molar-refractivity contribution in [3.8, 4) is 22.9 Å². The van der Waals surface area contributed by atoms with Gasteiger partial charge in [0.15, 0.2) is 0 Å². The lowest BCUT2D eigenvalue weighted by Gasteiger charge is -2.14. The molecule has 4 rings (SSSR count). The van der Waals surface area contributed by atoms with Gasteiger partial charge in [0.2, 0.25) is 11.8 Å².